The van der Waals surface area contributed by atoms with Gasteiger partial charge in [-0.3, -0.25) is 9.59 Å². The molecule has 4 aromatic carbocycles. The molecule has 0 amide bonds. The van der Waals surface area contributed by atoms with Crippen molar-refractivity contribution in [2.24, 2.45) is 0 Å². The Bertz CT molecular complexity index is 1650. The van der Waals surface area contributed by atoms with Crippen LogP contribution in [-0.4, -0.2) is 35.2 Å². The smallest absolute Gasteiger partial charge is 0.338 e. The first-order valence-corrected chi connectivity index (χ1v) is 15.6. The number of aryl methyl sites for hydroxylation is 2. The molecule has 4 aromatic rings. The van der Waals surface area contributed by atoms with Gasteiger partial charge < -0.3 is 9.84 Å². The number of ketones is 2. The van der Waals surface area contributed by atoms with Gasteiger partial charge in [-0.05, 0) is 66.6 Å². The van der Waals surface area contributed by atoms with Crippen LogP contribution in [0.3, 0.4) is 0 Å². The lowest BCUT2D eigenvalue weighted by molar-refractivity contribution is 0.0523. The van der Waals surface area contributed by atoms with E-state index < -0.39 is 11.9 Å². The molecule has 4 rings (SSSR count). The highest BCUT2D eigenvalue weighted by molar-refractivity contribution is 6.21. The number of carboxylic acid groups (broad SMARTS) is 1. The molecule has 0 aromatic heterocycles. The highest BCUT2D eigenvalue weighted by Gasteiger charge is 2.30. The Kier molecular flexibility index (Phi) is 11.2. The maximum Gasteiger partial charge on any atom is 0.338 e. The van der Waals surface area contributed by atoms with Crippen LogP contribution in [0.5, 0.6) is 0 Å². The molecule has 0 aliphatic rings. The van der Waals surface area contributed by atoms with Crippen molar-refractivity contribution in [1.82, 2.24) is 0 Å². The third-order valence-corrected chi connectivity index (χ3v) is 7.97. The van der Waals surface area contributed by atoms with Crippen molar-refractivity contribution in [2.45, 2.75) is 72.1 Å². The van der Waals surface area contributed by atoms with E-state index in [-0.39, 0.29) is 40.4 Å². The summed E-state index contributed by atoms with van der Waals surface area (Å²) in [5, 5.41) is 11.7. The summed E-state index contributed by atoms with van der Waals surface area (Å²) >= 11 is 0. The van der Waals surface area contributed by atoms with Crippen LogP contribution in [0.25, 0.3) is 10.8 Å². The number of carbonyl (C=O) groups excluding carboxylic acids is 3. The van der Waals surface area contributed by atoms with Crippen LogP contribution in [0.15, 0.2) is 72.8 Å². The summed E-state index contributed by atoms with van der Waals surface area (Å²) in [5.74, 6) is -2.54. The number of carbonyl (C=O) groups is 4. The first kappa shape index (κ1) is 32.3. The van der Waals surface area contributed by atoms with Crippen LogP contribution in [0, 0.1) is 0 Å². The van der Waals surface area contributed by atoms with E-state index in [4.69, 9.17) is 4.74 Å². The molecule has 1 N–H and O–H groups in total. The summed E-state index contributed by atoms with van der Waals surface area (Å²) in [5.41, 5.74) is 2.41. The topological polar surface area (TPSA) is 97.7 Å². The highest BCUT2D eigenvalue weighted by Crippen LogP contribution is 2.37. The van der Waals surface area contributed by atoms with Gasteiger partial charge in [-0.15, -0.1) is 0 Å². The van der Waals surface area contributed by atoms with Gasteiger partial charge in [-0.25, -0.2) is 9.59 Å². The number of benzene rings is 4. The van der Waals surface area contributed by atoms with Crippen LogP contribution in [0.2, 0.25) is 0 Å². The minimum atomic E-state index is -1.21. The lowest BCUT2D eigenvalue weighted by Gasteiger charge is -2.22. The Balaban J connectivity index is 2.17. The zero-order valence-electron chi connectivity index (χ0n) is 25.8. The molecule has 0 atom stereocenters. The molecule has 44 heavy (non-hydrogen) atoms. The normalized spacial score (nSPS) is 11.0. The second kappa shape index (κ2) is 15.2. The molecule has 0 aliphatic carbocycles. The Hall–Kier alpha value is -4.58. The fourth-order valence-electron chi connectivity index (χ4n) is 5.83. The first-order valence-electron chi connectivity index (χ1n) is 15.6. The lowest BCUT2D eigenvalue weighted by Crippen LogP contribution is -2.19. The number of esters is 1. The standard InChI is InChI=1S/C38H40O6/c1-4-7-11-21-27-30-24-32(38(43)44-6-3)34(36(40)26-19-15-10-16-20-26)28(22-12-8-5-2)29(30)23-31(37(41)42)33(27)35(39)25-17-13-9-14-18-25/h9-10,13-20,23-24H,4-8,11-12,21-22H2,1-3H3,(H,41,42). The molecule has 228 valence electrons. The number of hydrogen-bond donors (Lipinski definition) is 1. The SMILES string of the molecule is CCCCCc1c(C(=O)c2ccccc2)c(C(=O)O)cc2c(CCCCC)c(C(=O)c3ccccc3)c(C(=O)OCC)cc12. The summed E-state index contributed by atoms with van der Waals surface area (Å²) in [6.45, 7) is 6.00. The van der Waals surface area contributed by atoms with Crippen molar-refractivity contribution in [2.75, 3.05) is 6.61 Å². The van der Waals surface area contributed by atoms with Crippen LogP contribution in [-0.2, 0) is 17.6 Å². The molecule has 0 spiro atoms. The van der Waals surface area contributed by atoms with Gasteiger partial charge in [-0.1, -0.05) is 100 Å². The van der Waals surface area contributed by atoms with Gasteiger partial charge in [0.15, 0.2) is 11.6 Å². The lowest BCUT2D eigenvalue weighted by atomic mass is 9.81. The number of fused-ring (bicyclic) bond motifs is 1. The van der Waals surface area contributed by atoms with Crippen molar-refractivity contribution in [3.8, 4) is 0 Å². The van der Waals surface area contributed by atoms with Gasteiger partial charge in [0, 0.05) is 22.3 Å². The summed E-state index contributed by atoms with van der Waals surface area (Å²) < 4.78 is 5.48. The number of ether oxygens (including phenoxy) is 1. The van der Waals surface area contributed by atoms with E-state index in [1.54, 1.807) is 67.6 Å². The Morgan fingerprint density at radius 2 is 1.05 bits per heavy atom. The fourth-order valence-corrected chi connectivity index (χ4v) is 5.83. The maximum absolute atomic E-state index is 14.2. The van der Waals surface area contributed by atoms with Crippen molar-refractivity contribution < 1.29 is 29.0 Å². The average Bonchev–Trinajstić information content (AvgIpc) is 3.04. The Morgan fingerprint density at radius 3 is 1.45 bits per heavy atom. The van der Waals surface area contributed by atoms with Crippen LogP contribution >= 0.6 is 0 Å². The number of rotatable bonds is 15. The summed E-state index contributed by atoms with van der Waals surface area (Å²) in [6.07, 6.45) is 6.03. The molecule has 0 heterocycles. The Labute approximate surface area is 259 Å². The maximum atomic E-state index is 14.2. The second-order valence-corrected chi connectivity index (χ2v) is 11.0. The monoisotopic (exact) mass is 592 g/mol. The fraction of sp³-hybridized carbons (Fsp3) is 0.316. The molecule has 6 heteroatoms. The van der Waals surface area contributed by atoms with Crippen LogP contribution in [0.1, 0.15) is 123 Å². The van der Waals surface area contributed by atoms with E-state index >= 15 is 0 Å². The molecule has 0 bridgehead atoms. The molecular weight excluding hydrogens is 552 g/mol. The zero-order chi connectivity index (χ0) is 31.6. The highest BCUT2D eigenvalue weighted by atomic mass is 16.5. The van der Waals surface area contributed by atoms with E-state index in [0.717, 1.165) is 38.5 Å². The minimum absolute atomic E-state index is 0.100. The second-order valence-electron chi connectivity index (χ2n) is 11.0. The van der Waals surface area contributed by atoms with E-state index in [2.05, 4.69) is 13.8 Å². The number of carboxylic acids is 1. The van der Waals surface area contributed by atoms with Crippen molar-refractivity contribution in [1.29, 1.82) is 0 Å². The van der Waals surface area contributed by atoms with Gasteiger partial charge in [0.2, 0.25) is 0 Å². The van der Waals surface area contributed by atoms with E-state index in [1.807, 2.05) is 6.07 Å². The number of aromatic carboxylic acids is 1. The van der Waals surface area contributed by atoms with Crippen LogP contribution < -0.4 is 0 Å². The summed E-state index contributed by atoms with van der Waals surface area (Å²) in [7, 11) is 0. The predicted molar refractivity (Wildman–Crippen MR) is 173 cm³/mol. The van der Waals surface area contributed by atoms with E-state index in [9.17, 15) is 24.3 Å². The van der Waals surface area contributed by atoms with E-state index in [1.165, 1.54) is 6.07 Å². The quantitative estimate of drug-likeness (QED) is 0.0843. The van der Waals surface area contributed by atoms with Crippen molar-refractivity contribution in [3.63, 3.8) is 0 Å². The van der Waals surface area contributed by atoms with Gasteiger partial charge in [0.05, 0.1) is 17.7 Å². The van der Waals surface area contributed by atoms with Crippen molar-refractivity contribution >= 4 is 34.3 Å². The molecule has 0 aliphatic heterocycles. The van der Waals surface area contributed by atoms with Gasteiger partial charge in [-0.2, -0.15) is 0 Å². The van der Waals surface area contributed by atoms with Gasteiger partial charge >= 0.3 is 11.9 Å². The van der Waals surface area contributed by atoms with E-state index in [0.29, 0.717) is 45.9 Å². The number of hydrogen-bond acceptors (Lipinski definition) is 5. The third-order valence-electron chi connectivity index (χ3n) is 7.97. The first-order chi connectivity index (χ1) is 21.3. The Morgan fingerprint density at radius 1 is 0.614 bits per heavy atom. The van der Waals surface area contributed by atoms with Gasteiger partial charge in [0.25, 0.3) is 0 Å². The molecule has 0 unspecified atom stereocenters. The molecule has 0 fully saturated rings. The molecule has 0 saturated carbocycles. The molecular formula is C38H40O6. The minimum Gasteiger partial charge on any atom is -0.478 e. The number of unbranched alkanes of at least 4 members (excludes halogenated alkanes) is 4. The van der Waals surface area contributed by atoms with Gasteiger partial charge in [0.1, 0.15) is 0 Å². The van der Waals surface area contributed by atoms with Crippen molar-refractivity contribution in [3.05, 3.63) is 117 Å². The largest absolute Gasteiger partial charge is 0.478 e. The third kappa shape index (κ3) is 6.96. The predicted octanol–water partition coefficient (Wildman–Crippen LogP) is 8.64. The molecule has 0 saturated heterocycles. The average molecular weight is 593 g/mol. The summed E-state index contributed by atoms with van der Waals surface area (Å²) in [4.78, 5) is 54.6. The summed E-state index contributed by atoms with van der Waals surface area (Å²) in [6, 6.07) is 20.6. The molecule has 0 radical (unpaired) electrons. The zero-order valence-corrected chi connectivity index (χ0v) is 25.8. The van der Waals surface area contributed by atoms with Crippen LogP contribution in [0.4, 0.5) is 0 Å². The molecule has 6 nitrogen and oxygen atoms in total.